The Morgan fingerprint density at radius 1 is 1.14 bits per heavy atom. The van der Waals surface area contributed by atoms with Gasteiger partial charge in [0.15, 0.2) is 0 Å². The highest BCUT2D eigenvalue weighted by Gasteiger charge is 2.03. The smallest absolute Gasteiger partial charge is 0.0232 e. The standard InChI is InChI=1S/C18H22BrNS/c1-3-9-20-12-16-7-8-17(11-18(16)19)21-13-15-6-4-5-14(2)10-15/h4-8,10-11,20H,3,9,12-13H2,1-2H3. The lowest BCUT2D eigenvalue weighted by atomic mass is 10.2. The molecule has 3 heteroatoms. The van der Waals surface area contributed by atoms with Gasteiger partial charge in [-0.3, -0.25) is 0 Å². The fraction of sp³-hybridized carbons (Fsp3) is 0.333. The second-order valence-corrected chi connectivity index (χ2v) is 7.11. The molecule has 21 heavy (non-hydrogen) atoms. The number of rotatable bonds is 7. The Balaban J connectivity index is 1.93. The number of hydrogen-bond acceptors (Lipinski definition) is 2. The molecule has 0 spiro atoms. The topological polar surface area (TPSA) is 12.0 Å². The quantitative estimate of drug-likeness (QED) is 0.511. The van der Waals surface area contributed by atoms with E-state index in [0.29, 0.717) is 0 Å². The van der Waals surface area contributed by atoms with Gasteiger partial charge in [-0.25, -0.2) is 0 Å². The molecule has 0 atom stereocenters. The molecule has 0 aliphatic carbocycles. The van der Waals surface area contributed by atoms with Gasteiger partial charge in [0.25, 0.3) is 0 Å². The fourth-order valence-electron chi connectivity index (χ4n) is 2.13. The van der Waals surface area contributed by atoms with Crippen molar-refractivity contribution in [1.82, 2.24) is 5.32 Å². The van der Waals surface area contributed by atoms with Gasteiger partial charge in [-0.15, -0.1) is 11.8 Å². The van der Waals surface area contributed by atoms with Crippen molar-refractivity contribution in [2.45, 2.75) is 37.5 Å². The van der Waals surface area contributed by atoms with Crippen LogP contribution in [0.5, 0.6) is 0 Å². The molecule has 0 aliphatic rings. The van der Waals surface area contributed by atoms with E-state index in [1.165, 1.54) is 32.5 Å². The third kappa shape index (κ3) is 5.50. The number of thioether (sulfide) groups is 1. The third-order valence-electron chi connectivity index (χ3n) is 3.25. The fourth-order valence-corrected chi connectivity index (χ4v) is 3.68. The zero-order valence-electron chi connectivity index (χ0n) is 12.7. The average molecular weight is 364 g/mol. The van der Waals surface area contributed by atoms with Crippen molar-refractivity contribution in [1.29, 1.82) is 0 Å². The molecule has 1 nitrogen and oxygen atoms in total. The second kappa shape index (κ2) is 8.62. The molecule has 0 bridgehead atoms. The molecule has 112 valence electrons. The van der Waals surface area contributed by atoms with Crippen LogP contribution in [0.15, 0.2) is 51.8 Å². The van der Waals surface area contributed by atoms with E-state index in [1.54, 1.807) is 0 Å². The van der Waals surface area contributed by atoms with Gasteiger partial charge in [-0.2, -0.15) is 0 Å². The Hall–Kier alpha value is -0.770. The molecule has 0 aliphatic heterocycles. The van der Waals surface area contributed by atoms with Crippen LogP contribution in [0, 0.1) is 6.92 Å². The lowest BCUT2D eigenvalue weighted by Crippen LogP contribution is -2.14. The maximum Gasteiger partial charge on any atom is 0.0232 e. The molecular formula is C18H22BrNS. The summed E-state index contributed by atoms with van der Waals surface area (Å²) in [7, 11) is 0. The highest BCUT2D eigenvalue weighted by Crippen LogP contribution is 2.28. The summed E-state index contributed by atoms with van der Waals surface area (Å²) >= 11 is 5.57. The summed E-state index contributed by atoms with van der Waals surface area (Å²) in [4.78, 5) is 1.31. The van der Waals surface area contributed by atoms with Gasteiger partial charge in [0.1, 0.15) is 0 Å². The van der Waals surface area contributed by atoms with Gasteiger partial charge in [-0.05, 0) is 43.1 Å². The number of nitrogens with one attached hydrogen (secondary N) is 1. The third-order valence-corrected chi connectivity index (χ3v) is 5.06. The van der Waals surface area contributed by atoms with E-state index in [1.807, 2.05) is 11.8 Å². The van der Waals surface area contributed by atoms with Crippen molar-refractivity contribution < 1.29 is 0 Å². The largest absolute Gasteiger partial charge is 0.313 e. The van der Waals surface area contributed by atoms with Crippen molar-refractivity contribution in [2.24, 2.45) is 0 Å². The van der Waals surface area contributed by atoms with Gasteiger partial charge in [0, 0.05) is 21.7 Å². The summed E-state index contributed by atoms with van der Waals surface area (Å²) in [6.07, 6.45) is 1.17. The Kier molecular flexibility index (Phi) is 6.81. The lowest BCUT2D eigenvalue weighted by Gasteiger charge is -2.09. The van der Waals surface area contributed by atoms with E-state index >= 15 is 0 Å². The molecule has 0 unspecified atom stereocenters. The van der Waals surface area contributed by atoms with E-state index < -0.39 is 0 Å². The summed E-state index contributed by atoms with van der Waals surface area (Å²) in [6, 6.07) is 15.4. The Morgan fingerprint density at radius 3 is 2.71 bits per heavy atom. The van der Waals surface area contributed by atoms with Gasteiger partial charge < -0.3 is 5.32 Å². The predicted octanol–water partition coefficient (Wildman–Crippen LogP) is 5.55. The molecule has 2 aromatic rings. The van der Waals surface area contributed by atoms with Gasteiger partial charge in [0.05, 0.1) is 0 Å². The zero-order valence-corrected chi connectivity index (χ0v) is 15.1. The van der Waals surface area contributed by atoms with Crippen molar-refractivity contribution in [3.8, 4) is 0 Å². The first-order valence-corrected chi connectivity index (χ1v) is 9.14. The van der Waals surface area contributed by atoms with Crippen LogP contribution >= 0.6 is 27.7 Å². The monoisotopic (exact) mass is 363 g/mol. The highest BCUT2D eigenvalue weighted by atomic mass is 79.9. The molecule has 0 heterocycles. The van der Waals surface area contributed by atoms with Crippen molar-refractivity contribution in [3.63, 3.8) is 0 Å². The Bertz CT molecular complexity index is 583. The summed E-state index contributed by atoms with van der Waals surface area (Å²) < 4.78 is 1.19. The molecule has 0 radical (unpaired) electrons. The van der Waals surface area contributed by atoms with Crippen molar-refractivity contribution >= 4 is 27.7 Å². The summed E-state index contributed by atoms with van der Waals surface area (Å²) in [5, 5.41) is 3.44. The maximum absolute atomic E-state index is 3.68. The molecule has 2 rings (SSSR count). The van der Waals surface area contributed by atoms with E-state index in [2.05, 4.69) is 77.6 Å². The molecule has 0 saturated carbocycles. The van der Waals surface area contributed by atoms with Crippen molar-refractivity contribution in [3.05, 3.63) is 63.6 Å². The molecule has 0 saturated heterocycles. The number of hydrogen-bond donors (Lipinski definition) is 1. The van der Waals surface area contributed by atoms with Gasteiger partial charge >= 0.3 is 0 Å². The average Bonchev–Trinajstić information content (AvgIpc) is 2.47. The van der Waals surface area contributed by atoms with Crippen LogP contribution in [0.1, 0.15) is 30.0 Å². The Morgan fingerprint density at radius 2 is 2.00 bits per heavy atom. The predicted molar refractivity (Wildman–Crippen MR) is 96.9 cm³/mol. The molecule has 0 fully saturated rings. The highest BCUT2D eigenvalue weighted by molar-refractivity contribution is 9.10. The van der Waals surface area contributed by atoms with Crippen LogP contribution in [0.4, 0.5) is 0 Å². The first kappa shape index (κ1) is 16.6. The normalized spacial score (nSPS) is 10.8. The second-order valence-electron chi connectivity index (χ2n) is 5.21. The Labute approximate surface area is 140 Å². The number of aryl methyl sites for hydroxylation is 1. The molecule has 0 aromatic heterocycles. The maximum atomic E-state index is 3.68. The number of benzene rings is 2. The van der Waals surface area contributed by atoms with Crippen molar-refractivity contribution in [2.75, 3.05) is 6.54 Å². The van der Waals surface area contributed by atoms with Crippen LogP contribution in [-0.2, 0) is 12.3 Å². The first-order valence-electron chi connectivity index (χ1n) is 7.36. The zero-order chi connectivity index (χ0) is 15.1. The van der Waals surface area contributed by atoms with E-state index in [0.717, 1.165) is 18.8 Å². The van der Waals surface area contributed by atoms with E-state index in [-0.39, 0.29) is 0 Å². The molecular weight excluding hydrogens is 342 g/mol. The van der Waals surface area contributed by atoms with Crippen LogP contribution in [0.3, 0.4) is 0 Å². The van der Waals surface area contributed by atoms with Crippen LogP contribution in [-0.4, -0.2) is 6.54 Å². The first-order chi connectivity index (χ1) is 10.2. The summed E-state index contributed by atoms with van der Waals surface area (Å²) in [5.74, 6) is 1.02. The van der Waals surface area contributed by atoms with E-state index in [4.69, 9.17) is 0 Å². The SMILES string of the molecule is CCCNCc1ccc(SCc2cccc(C)c2)cc1Br. The molecule has 0 amide bonds. The van der Waals surface area contributed by atoms with Gasteiger partial charge in [0.2, 0.25) is 0 Å². The minimum atomic E-state index is 0.928. The van der Waals surface area contributed by atoms with Crippen LogP contribution in [0.25, 0.3) is 0 Å². The van der Waals surface area contributed by atoms with Crippen LogP contribution < -0.4 is 5.32 Å². The summed E-state index contributed by atoms with van der Waals surface area (Å²) in [5.41, 5.74) is 4.03. The van der Waals surface area contributed by atoms with E-state index in [9.17, 15) is 0 Å². The summed E-state index contributed by atoms with van der Waals surface area (Å²) in [6.45, 7) is 6.32. The lowest BCUT2D eigenvalue weighted by molar-refractivity contribution is 0.673. The minimum absolute atomic E-state index is 0.928. The van der Waals surface area contributed by atoms with Crippen LogP contribution in [0.2, 0.25) is 0 Å². The minimum Gasteiger partial charge on any atom is -0.313 e. The van der Waals surface area contributed by atoms with Gasteiger partial charge in [-0.1, -0.05) is 58.7 Å². The molecule has 2 aromatic carbocycles. The molecule has 1 N–H and O–H groups in total. The number of halogens is 1.